The van der Waals surface area contributed by atoms with Crippen molar-refractivity contribution in [2.75, 3.05) is 18.9 Å². The number of benzene rings is 1. The van der Waals surface area contributed by atoms with Crippen molar-refractivity contribution in [1.82, 2.24) is 14.9 Å². The first kappa shape index (κ1) is 18.1. The van der Waals surface area contributed by atoms with E-state index in [9.17, 15) is 9.59 Å². The molecule has 0 saturated heterocycles. The van der Waals surface area contributed by atoms with Crippen LogP contribution in [0.4, 0.5) is 5.69 Å². The van der Waals surface area contributed by atoms with Crippen LogP contribution in [0.15, 0.2) is 61.1 Å². The van der Waals surface area contributed by atoms with E-state index in [1.165, 1.54) is 0 Å². The van der Waals surface area contributed by atoms with Crippen molar-refractivity contribution in [3.05, 3.63) is 66.6 Å². The molecule has 142 valence electrons. The number of para-hydroxylation sites is 1. The fraction of sp³-hybridized carbons (Fsp3) is 0.273. The molecule has 2 heterocycles. The molecule has 0 unspecified atom stereocenters. The summed E-state index contributed by atoms with van der Waals surface area (Å²) in [5.41, 5.74) is 1.53. The second-order valence-electron chi connectivity index (χ2n) is 7.25. The number of pyridine rings is 2. The standard InChI is InChI=1S/C22H22N4O2/c1-26(15-9-16-7-13-23-14-8-16)21(28)22(10-11-22)20(27)25-18-6-2-4-17-5-3-12-24-19(17)18/h2-8,12-14H,9-11,15H2,1H3,(H,25,27). The Hall–Kier alpha value is -3.28. The first-order valence-corrected chi connectivity index (χ1v) is 9.40. The molecule has 1 aliphatic rings. The van der Waals surface area contributed by atoms with Gasteiger partial charge in [0, 0.05) is 37.6 Å². The van der Waals surface area contributed by atoms with E-state index in [2.05, 4.69) is 15.3 Å². The van der Waals surface area contributed by atoms with Gasteiger partial charge in [0.15, 0.2) is 0 Å². The van der Waals surface area contributed by atoms with E-state index < -0.39 is 5.41 Å². The summed E-state index contributed by atoms with van der Waals surface area (Å²) in [5.74, 6) is -0.362. The second-order valence-corrected chi connectivity index (χ2v) is 7.25. The van der Waals surface area contributed by atoms with Gasteiger partial charge < -0.3 is 10.2 Å². The molecule has 6 nitrogen and oxygen atoms in total. The quantitative estimate of drug-likeness (QED) is 0.673. The molecule has 1 fully saturated rings. The lowest BCUT2D eigenvalue weighted by Crippen LogP contribution is -2.41. The molecule has 0 radical (unpaired) electrons. The van der Waals surface area contributed by atoms with Gasteiger partial charge in [-0.2, -0.15) is 0 Å². The number of aromatic nitrogens is 2. The molecule has 1 aromatic carbocycles. The first-order chi connectivity index (χ1) is 13.6. The third-order valence-corrected chi connectivity index (χ3v) is 5.31. The van der Waals surface area contributed by atoms with Crippen LogP contribution in [-0.4, -0.2) is 40.3 Å². The maximum atomic E-state index is 13.0. The number of likely N-dealkylation sites (N-methyl/N-ethyl adjacent to an activating group) is 1. The number of nitrogens with one attached hydrogen (secondary N) is 1. The first-order valence-electron chi connectivity index (χ1n) is 9.40. The minimum absolute atomic E-state index is 0.118. The molecule has 4 rings (SSSR count). The molecular weight excluding hydrogens is 352 g/mol. The van der Waals surface area contributed by atoms with E-state index in [1.807, 2.05) is 42.5 Å². The Morgan fingerprint density at radius 2 is 1.82 bits per heavy atom. The number of anilines is 1. The van der Waals surface area contributed by atoms with Gasteiger partial charge >= 0.3 is 0 Å². The molecule has 1 aliphatic carbocycles. The highest BCUT2D eigenvalue weighted by molar-refractivity contribution is 6.14. The number of nitrogens with zero attached hydrogens (tertiary/aromatic N) is 3. The van der Waals surface area contributed by atoms with Gasteiger partial charge in [-0.25, -0.2) is 0 Å². The molecule has 0 spiro atoms. The highest BCUT2D eigenvalue weighted by Crippen LogP contribution is 2.48. The van der Waals surface area contributed by atoms with Crippen LogP contribution in [0.2, 0.25) is 0 Å². The Morgan fingerprint density at radius 1 is 1.07 bits per heavy atom. The highest BCUT2D eigenvalue weighted by atomic mass is 16.2. The average molecular weight is 374 g/mol. The maximum Gasteiger partial charge on any atom is 0.240 e. The normalized spacial score (nSPS) is 14.5. The van der Waals surface area contributed by atoms with Crippen LogP contribution in [-0.2, 0) is 16.0 Å². The predicted octanol–water partition coefficient (Wildman–Crippen LogP) is 3.05. The molecule has 2 amide bonds. The van der Waals surface area contributed by atoms with Crippen LogP contribution in [0.3, 0.4) is 0 Å². The summed E-state index contributed by atoms with van der Waals surface area (Å²) in [6, 6.07) is 13.3. The van der Waals surface area contributed by atoms with Crippen LogP contribution in [0, 0.1) is 5.41 Å². The molecule has 3 aromatic rings. The number of fused-ring (bicyclic) bond motifs is 1. The van der Waals surface area contributed by atoms with Gasteiger partial charge in [-0.3, -0.25) is 19.6 Å². The lowest BCUT2D eigenvalue weighted by Gasteiger charge is -2.23. The third kappa shape index (κ3) is 3.45. The number of carbonyl (C=O) groups is 2. The molecule has 2 aromatic heterocycles. The van der Waals surface area contributed by atoms with Crippen molar-refractivity contribution in [3.63, 3.8) is 0 Å². The van der Waals surface area contributed by atoms with Crippen molar-refractivity contribution in [2.45, 2.75) is 19.3 Å². The third-order valence-electron chi connectivity index (χ3n) is 5.31. The number of hydrogen-bond donors (Lipinski definition) is 1. The van der Waals surface area contributed by atoms with Crippen molar-refractivity contribution in [2.24, 2.45) is 5.41 Å². The fourth-order valence-corrected chi connectivity index (χ4v) is 3.42. The van der Waals surface area contributed by atoms with Crippen LogP contribution in [0.25, 0.3) is 10.9 Å². The Morgan fingerprint density at radius 3 is 2.57 bits per heavy atom. The zero-order valence-corrected chi connectivity index (χ0v) is 15.8. The summed E-state index contributed by atoms with van der Waals surface area (Å²) in [4.78, 5) is 36.0. The SMILES string of the molecule is CN(CCc1ccncc1)C(=O)C1(C(=O)Nc2cccc3cccnc23)CC1. The Bertz CT molecular complexity index is 1010. The van der Waals surface area contributed by atoms with Crippen molar-refractivity contribution < 1.29 is 9.59 Å². The molecule has 0 aliphatic heterocycles. The lowest BCUT2D eigenvalue weighted by atomic mass is 10.0. The van der Waals surface area contributed by atoms with Gasteiger partial charge in [-0.15, -0.1) is 0 Å². The molecule has 28 heavy (non-hydrogen) atoms. The molecule has 1 saturated carbocycles. The Kier molecular flexibility index (Phi) is 4.77. The van der Waals surface area contributed by atoms with Gasteiger partial charge in [-0.1, -0.05) is 18.2 Å². The van der Waals surface area contributed by atoms with Gasteiger partial charge in [0.25, 0.3) is 0 Å². The Balaban J connectivity index is 1.45. The topological polar surface area (TPSA) is 75.2 Å². The van der Waals surface area contributed by atoms with Crippen LogP contribution in [0.5, 0.6) is 0 Å². The summed E-state index contributed by atoms with van der Waals surface area (Å²) in [7, 11) is 1.76. The van der Waals surface area contributed by atoms with E-state index in [1.54, 1.807) is 30.5 Å². The van der Waals surface area contributed by atoms with Gasteiger partial charge in [-0.05, 0) is 49.1 Å². The number of carbonyl (C=O) groups excluding carboxylic acids is 2. The van der Waals surface area contributed by atoms with E-state index in [0.717, 1.165) is 22.9 Å². The van der Waals surface area contributed by atoms with E-state index in [-0.39, 0.29) is 11.8 Å². The number of rotatable bonds is 6. The summed E-state index contributed by atoms with van der Waals surface area (Å²) in [6.07, 6.45) is 7.07. The smallest absolute Gasteiger partial charge is 0.240 e. The molecule has 0 atom stereocenters. The second kappa shape index (κ2) is 7.38. The van der Waals surface area contributed by atoms with E-state index >= 15 is 0 Å². The molecule has 1 N–H and O–H groups in total. The van der Waals surface area contributed by atoms with Crippen molar-refractivity contribution in [3.8, 4) is 0 Å². The van der Waals surface area contributed by atoms with Crippen LogP contribution >= 0.6 is 0 Å². The number of amides is 2. The van der Waals surface area contributed by atoms with E-state index in [0.29, 0.717) is 25.1 Å². The van der Waals surface area contributed by atoms with Gasteiger partial charge in [0.2, 0.25) is 11.8 Å². The minimum atomic E-state index is -0.954. The van der Waals surface area contributed by atoms with Crippen molar-refractivity contribution >= 4 is 28.4 Å². The van der Waals surface area contributed by atoms with Gasteiger partial charge in [0.05, 0.1) is 11.2 Å². The highest BCUT2D eigenvalue weighted by Gasteiger charge is 2.57. The zero-order chi connectivity index (χ0) is 19.6. The molecule has 6 heteroatoms. The maximum absolute atomic E-state index is 13.0. The lowest BCUT2D eigenvalue weighted by molar-refractivity contribution is -0.141. The summed E-state index contributed by atoms with van der Waals surface area (Å²) in [5, 5.41) is 3.89. The average Bonchev–Trinajstić information content (AvgIpc) is 3.54. The number of hydrogen-bond acceptors (Lipinski definition) is 4. The summed E-state index contributed by atoms with van der Waals surface area (Å²) in [6.45, 7) is 0.563. The molecular formula is C22H22N4O2. The van der Waals surface area contributed by atoms with Crippen LogP contribution < -0.4 is 5.32 Å². The minimum Gasteiger partial charge on any atom is -0.344 e. The summed E-state index contributed by atoms with van der Waals surface area (Å²) < 4.78 is 0. The van der Waals surface area contributed by atoms with Crippen LogP contribution in [0.1, 0.15) is 18.4 Å². The monoisotopic (exact) mass is 374 g/mol. The largest absolute Gasteiger partial charge is 0.344 e. The fourth-order valence-electron chi connectivity index (χ4n) is 3.42. The Labute approximate surface area is 163 Å². The molecule has 0 bridgehead atoms. The van der Waals surface area contributed by atoms with Crippen molar-refractivity contribution in [1.29, 1.82) is 0 Å². The van der Waals surface area contributed by atoms with E-state index in [4.69, 9.17) is 0 Å². The van der Waals surface area contributed by atoms with Gasteiger partial charge in [0.1, 0.15) is 5.41 Å². The summed E-state index contributed by atoms with van der Waals surface area (Å²) >= 11 is 0. The zero-order valence-electron chi connectivity index (χ0n) is 15.8. The predicted molar refractivity (Wildman–Crippen MR) is 108 cm³/mol.